The molecule has 0 amide bonds. The summed E-state index contributed by atoms with van der Waals surface area (Å²) in [5, 5.41) is 6.72. The number of hydrogen-bond donors (Lipinski definition) is 0. The molecule has 0 bridgehead atoms. The van der Waals surface area contributed by atoms with Gasteiger partial charge in [-0.25, -0.2) is 8.42 Å². The monoisotopic (exact) mass is 428 g/mol. The molecule has 0 N–H and O–H groups in total. The summed E-state index contributed by atoms with van der Waals surface area (Å²) in [7, 11) is -4.17. The summed E-state index contributed by atoms with van der Waals surface area (Å²) in [6.45, 7) is 1.44. The largest absolute Gasteiger partial charge is 0.463 e. The van der Waals surface area contributed by atoms with E-state index in [9.17, 15) is 18.0 Å². The predicted molar refractivity (Wildman–Crippen MR) is 91.6 cm³/mol. The Bertz CT molecular complexity index is 1120. The smallest absolute Gasteiger partial charge is 0.268 e. The number of aromatic nitrogens is 2. The van der Waals surface area contributed by atoms with E-state index in [-0.39, 0.29) is 22.4 Å². The van der Waals surface area contributed by atoms with Gasteiger partial charge in [0.2, 0.25) is 9.77 Å². The minimum absolute atomic E-state index is 0.0769. The van der Waals surface area contributed by atoms with E-state index in [1.165, 1.54) is 13.2 Å². The molecule has 0 unspecified atom stereocenters. The molecule has 2 aromatic heterocycles. The lowest BCUT2D eigenvalue weighted by Gasteiger charge is -1.99. The molecule has 0 radical (unpaired) electrons. The van der Waals surface area contributed by atoms with Gasteiger partial charge in [-0.15, -0.1) is 10.2 Å². The average molecular weight is 429 g/mol. The number of sulfone groups is 1. The summed E-state index contributed by atoms with van der Waals surface area (Å²) < 4.78 is 29.7. The molecule has 124 valence electrons. The maximum absolute atomic E-state index is 12.6. The fourth-order valence-corrected chi connectivity index (χ4v) is 4.58. The molecule has 0 saturated carbocycles. The zero-order valence-electron chi connectivity index (χ0n) is 12.1. The third kappa shape index (κ3) is 2.80. The van der Waals surface area contributed by atoms with Crippen LogP contribution in [-0.2, 0) is 14.6 Å². The van der Waals surface area contributed by atoms with Crippen LogP contribution < -0.4 is 5.43 Å². The van der Waals surface area contributed by atoms with E-state index in [1.807, 2.05) is 0 Å². The molecule has 0 spiro atoms. The molecule has 3 aromatic rings. The zero-order valence-corrected chi connectivity index (χ0v) is 15.4. The lowest BCUT2D eigenvalue weighted by atomic mass is 10.2. The van der Waals surface area contributed by atoms with Crippen LogP contribution in [0.15, 0.2) is 42.5 Å². The lowest BCUT2D eigenvalue weighted by Crippen LogP contribution is -2.13. The van der Waals surface area contributed by atoms with E-state index < -0.39 is 19.3 Å². The Morgan fingerprint density at radius 2 is 2.08 bits per heavy atom. The summed E-state index contributed by atoms with van der Waals surface area (Å²) in [5.74, 6) is 0. The highest BCUT2D eigenvalue weighted by molar-refractivity contribution is 9.10. The maximum atomic E-state index is 12.6. The van der Waals surface area contributed by atoms with Gasteiger partial charge in [-0.05, 0) is 18.2 Å². The van der Waals surface area contributed by atoms with E-state index >= 15 is 0 Å². The number of carbonyl (C=O) groups is 1. The van der Waals surface area contributed by atoms with Gasteiger partial charge in [-0.3, -0.25) is 9.59 Å². The first-order valence-electron chi connectivity index (χ1n) is 6.67. The summed E-state index contributed by atoms with van der Waals surface area (Å²) in [6, 6.07) is 4.97. The Kier molecular flexibility index (Phi) is 4.37. The van der Waals surface area contributed by atoms with Gasteiger partial charge >= 0.3 is 0 Å². The quantitative estimate of drug-likeness (QED) is 0.630. The van der Waals surface area contributed by atoms with Crippen molar-refractivity contribution >= 4 is 53.2 Å². The first-order valence-corrected chi connectivity index (χ1v) is 9.76. The molecule has 2 heterocycles. The standard InChI is InChI=1S/C14H9BrN2O5S2/c1-2-11(18)24(20,21)14-17-16-13(23-14)9-6-22-10-4-3-7(15)5-8(10)12(9)19/h3-6H,2H2,1H3. The van der Waals surface area contributed by atoms with Gasteiger partial charge in [-0.2, -0.15) is 0 Å². The highest BCUT2D eigenvalue weighted by atomic mass is 79.9. The fraction of sp³-hybridized carbons (Fsp3) is 0.143. The van der Waals surface area contributed by atoms with Gasteiger partial charge in [-0.1, -0.05) is 34.2 Å². The lowest BCUT2D eigenvalue weighted by molar-refractivity contribution is -0.111. The van der Waals surface area contributed by atoms with Gasteiger partial charge in [0.15, 0.2) is 5.01 Å². The van der Waals surface area contributed by atoms with E-state index in [0.29, 0.717) is 26.8 Å². The number of rotatable bonds is 3. The summed E-state index contributed by atoms with van der Waals surface area (Å²) in [6.07, 6.45) is 1.04. The molecule has 0 aliphatic rings. The first-order chi connectivity index (χ1) is 11.3. The Morgan fingerprint density at radius 3 is 2.79 bits per heavy atom. The van der Waals surface area contributed by atoms with Crippen LogP contribution in [0.2, 0.25) is 0 Å². The van der Waals surface area contributed by atoms with Crippen LogP contribution in [0.3, 0.4) is 0 Å². The van der Waals surface area contributed by atoms with Crippen molar-refractivity contribution in [3.05, 3.63) is 39.2 Å². The number of benzene rings is 1. The van der Waals surface area contributed by atoms with Crippen molar-refractivity contribution in [1.29, 1.82) is 0 Å². The molecule has 0 aliphatic carbocycles. The molecule has 0 aliphatic heterocycles. The minimum atomic E-state index is -4.17. The Labute approximate surface area is 148 Å². The van der Waals surface area contributed by atoms with E-state index in [1.54, 1.807) is 18.2 Å². The highest BCUT2D eigenvalue weighted by Gasteiger charge is 2.28. The minimum Gasteiger partial charge on any atom is -0.463 e. The molecule has 3 rings (SSSR count). The number of nitrogens with zero attached hydrogens (tertiary/aromatic N) is 2. The molecule has 1 aromatic carbocycles. The second-order valence-corrected chi connectivity index (χ2v) is 8.72. The number of halogens is 1. The molecule has 0 saturated heterocycles. The van der Waals surface area contributed by atoms with Crippen molar-refractivity contribution in [1.82, 2.24) is 10.2 Å². The van der Waals surface area contributed by atoms with Crippen LogP contribution in [0.25, 0.3) is 21.5 Å². The second-order valence-electron chi connectivity index (χ2n) is 4.72. The van der Waals surface area contributed by atoms with Crippen molar-refractivity contribution in [3.8, 4) is 10.6 Å². The van der Waals surface area contributed by atoms with Crippen molar-refractivity contribution in [2.45, 2.75) is 17.7 Å². The van der Waals surface area contributed by atoms with Gasteiger partial charge < -0.3 is 4.42 Å². The van der Waals surface area contributed by atoms with E-state index in [2.05, 4.69) is 26.1 Å². The van der Waals surface area contributed by atoms with Crippen LogP contribution in [0.4, 0.5) is 0 Å². The van der Waals surface area contributed by atoms with Gasteiger partial charge in [0.05, 0.1) is 10.9 Å². The van der Waals surface area contributed by atoms with Gasteiger partial charge in [0.25, 0.3) is 15.0 Å². The molecule has 0 atom stereocenters. The summed E-state index contributed by atoms with van der Waals surface area (Å²) >= 11 is 3.94. The van der Waals surface area contributed by atoms with Crippen LogP contribution in [0, 0.1) is 0 Å². The summed E-state index contributed by atoms with van der Waals surface area (Å²) in [5.41, 5.74) is 0.119. The molecule has 10 heteroatoms. The normalized spacial score (nSPS) is 11.8. The number of hydrogen-bond acceptors (Lipinski definition) is 8. The maximum Gasteiger partial charge on any atom is 0.268 e. The van der Waals surface area contributed by atoms with Crippen LogP contribution >= 0.6 is 27.3 Å². The van der Waals surface area contributed by atoms with Crippen LogP contribution in [0.5, 0.6) is 0 Å². The Morgan fingerprint density at radius 1 is 1.33 bits per heavy atom. The predicted octanol–water partition coefficient (Wildman–Crippen LogP) is 2.78. The zero-order chi connectivity index (χ0) is 17.5. The molecule has 0 fully saturated rings. The third-order valence-corrected chi connectivity index (χ3v) is 6.77. The summed E-state index contributed by atoms with van der Waals surface area (Å²) in [4.78, 5) is 24.1. The molecule has 7 nitrogen and oxygen atoms in total. The van der Waals surface area contributed by atoms with E-state index in [0.717, 1.165) is 0 Å². The number of carbonyl (C=O) groups excluding carboxylic acids is 1. The van der Waals surface area contributed by atoms with Crippen LogP contribution in [-0.4, -0.2) is 23.7 Å². The fourth-order valence-electron chi connectivity index (χ4n) is 1.97. The van der Waals surface area contributed by atoms with Crippen molar-refractivity contribution in [3.63, 3.8) is 0 Å². The molecular weight excluding hydrogens is 420 g/mol. The molecule has 24 heavy (non-hydrogen) atoms. The van der Waals surface area contributed by atoms with Crippen molar-refractivity contribution in [2.75, 3.05) is 0 Å². The third-order valence-electron chi connectivity index (χ3n) is 3.19. The van der Waals surface area contributed by atoms with Crippen molar-refractivity contribution in [2.24, 2.45) is 0 Å². The van der Waals surface area contributed by atoms with Gasteiger partial charge in [0.1, 0.15) is 11.8 Å². The average Bonchev–Trinajstić information content (AvgIpc) is 3.05. The second kappa shape index (κ2) is 6.19. The number of fused-ring (bicyclic) bond motifs is 1. The van der Waals surface area contributed by atoms with E-state index in [4.69, 9.17) is 4.42 Å². The Balaban J connectivity index is 2.15. The topological polar surface area (TPSA) is 107 Å². The molecular formula is C14H9BrN2O5S2. The highest BCUT2D eigenvalue weighted by Crippen LogP contribution is 2.27. The first kappa shape index (κ1) is 16.9. The Hall–Kier alpha value is -1.91. The van der Waals surface area contributed by atoms with Crippen molar-refractivity contribution < 1.29 is 17.6 Å². The van der Waals surface area contributed by atoms with Crippen LogP contribution in [0.1, 0.15) is 13.3 Å². The SMILES string of the molecule is CCC(=O)S(=O)(=O)c1nnc(-c2coc3ccc(Br)cc3c2=O)s1. The van der Waals surface area contributed by atoms with Gasteiger partial charge in [0, 0.05) is 10.9 Å².